The first-order chi connectivity index (χ1) is 5.86. The summed E-state index contributed by atoms with van der Waals surface area (Å²) in [4.78, 5) is 0. The molecular formula is C9H5ClNO. The fraction of sp³-hybridized carbons (Fsp3) is 0. The predicted molar refractivity (Wildman–Crippen MR) is 45.8 cm³/mol. The highest BCUT2D eigenvalue weighted by molar-refractivity contribution is 6.30. The van der Waals surface area contributed by atoms with Gasteiger partial charge in [0.15, 0.2) is 0 Å². The average molecular weight is 179 g/mol. The van der Waals surface area contributed by atoms with Crippen LogP contribution in [-0.4, -0.2) is 5.16 Å². The zero-order valence-electron chi connectivity index (χ0n) is 6.12. The van der Waals surface area contributed by atoms with E-state index in [0.29, 0.717) is 10.7 Å². The molecule has 0 aliphatic rings. The van der Waals surface area contributed by atoms with Crippen molar-refractivity contribution in [2.75, 3.05) is 0 Å². The Balaban J connectivity index is 2.43. The molecule has 3 heteroatoms. The Labute approximate surface area is 74.8 Å². The molecule has 2 aromatic rings. The molecule has 1 aromatic heterocycles. The van der Waals surface area contributed by atoms with Crippen molar-refractivity contribution in [2.24, 2.45) is 0 Å². The predicted octanol–water partition coefficient (Wildman–Crippen LogP) is 2.80. The van der Waals surface area contributed by atoms with Crippen LogP contribution < -0.4 is 0 Å². The minimum absolute atomic E-state index is 0.701. The maximum Gasteiger partial charge on any atom is 0.132 e. The summed E-state index contributed by atoms with van der Waals surface area (Å²) in [5.74, 6) is 0. The molecule has 0 saturated carbocycles. The van der Waals surface area contributed by atoms with Crippen LogP contribution >= 0.6 is 11.6 Å². The molecule has 0 spiro atoms. The van der Waals surface area contributed by atoms with Crippen LogP contribution in [0.3, 0.4) is 0 Å². The summed E-state index contributed by atoms with van der Waals surface area (Å²) in [6.45, 7) is 0. The second-order valence-corrected chi connectivity index (χ2v) is 2.75. The van der Waals surface area contributed by atoms with Crippen molar-refractivity contribution >= 4 is 11.6 Å². The highest BCUT2D eigenvalue weighted by Crippen LogP contribution is 2.18. The lowest BCUT2D eigenvalue weighted by atomic mass is 10.2. The highest BCUT2D eigenvalue weighted by Gasteiger charge is 1.99. The third-order valence-corrected chi connectivity index (χ3v) is 1.76. The Bertz CT molecular complexity index is 353. The molecule has 12 heavy (non-hydrogen) atoms. The quantitative estimate of drug-likeness (QED) is 0.671. The fourth-order valence-electron chi connectivity index (χ4n) is 0.931. The lowest BCUT2D eigenvalue weighted by molar-refractivity contribution is 0.422. The number of halogens is 1. The van der Waals surface area contributed by atoms with Crippen LogP contribution in [-0.2, 0) is 0 Å². The van der Waals surface area contributed by atoms with Crippen molar-refractivity contribution in [1.82, 2.24) is 5.16 Å². The zero-order chi connectivity index (χ0) is 8.39. The van der Waals surface area contributed by atoms with Crippen LogP contribution in [0.25, 0.3) is 11.3 Å². The largest absolute Gasteiger partial charge is 0.363 e. The number of aromatic nitrogens is 1. The molecule has 2 nitrogen and oxygen atoms in total. The van der Waals surface area contributed by atoms with Gasteiger partial charge in [-0.3, -0.25) is 0 Å². The third kappa shape index (κ3) is 1.34. The molecule has 1 radical (unpaired) electrons. The number of rotatable bonds is 1. The Kier molecular flexibility index (Phi) is 1.84. The van der Waals surface area contributed by atoms with Crippen molar-refractivity contribution in [3.8, 4) is 11.3 Å². The van der Waals surface area contributed by atoms with Gasteiger partial charge in [-0.05, 0) is 12.1 Å². The SMILES string of the molecule is Clc1ccc(-c2[c]con2)cc1. The number of benzene rings is 1. The van der Waals surface area contributed by atoms with Gasteiger partial charge in [0.2, 0.25) is 0 Å². The molecular weight excluding hydrogens is 174 g/mol. The summed E-state index contributed by atoms with van der Waals surface area (Å²) in [5, 5.41) is 4.45. The molecule has 0 aliphatic heterocycles. The van der Waals surface area contributed by atoms with Gasteiger partial charge in [0, 0.05) is 10.6 Å². The number of nitrogens with zero attached hydrogens (tertiary/aromatic N) is 1. The van der Waals surface area contributed by atoms with E-state index < -0.39 is 0 Å². The van der Waals surface area contributed by atoms with Gasteiger partial charge >= 0.3 is 0 Å². The molecule has 0 amide bonds. The molecule has 0 aliphatic carbocycles. The summed E-state index contributed by atoms with van der Waals surface area (Å²) in [5.41, 5.74) is 1.65. The van der Waals surface area contributed by atoms with Gasteiger partial charge in [-0.1, -0.05) is 28.9 Å². The maximum absolute atomic E-state index is 5.72. The topological polar surface area (TPSA) is 26.0 Å². The first-order valence-corrected chi connectivity index (χ1v) is 3.82. The van der Waals surface area contributed by atoms with Crippen LogP contribution in [0, 0.1) is 6.07 Å². The maximum atomic E-state index is 5.72. The lowest BCUT2D eigenvalue weighted by Gasteiger charge is -1.93. The van der Waals surface area contributed by atoms with E-state index in [9.17, 15) is 0 Å². The summed E-state index contributed by atoms with van der Waals surface area (Å²) >= 11 is 5.72. The summed E-state index contributed by atoms with van der Waals surface area (Å²) in [6, 6.07) is 10.2. The number of hydrogen-bond donors (Lipinski definition) is 0. The second kappa shape index (κ2) is 2.99. The molecule has 1 heterocycles. The van der Waals surface area contributed by atoms with Gasteiger partial charge in [0.05, 0.1) is 6.07 Å². The third-order valence-electron chi connectivity index (χ3n) is 1.51. The molecule has 0 unspecified atom stereocenters. The van der Waals surface area contributed by atoms with E-state index in [0.717, 1.165) is 5.56 Å². The van der Waals surface area contributed by atoms with Gasteiger partial charge in [0.1, 0.15) is 12.0 Å². The van der Waals surface area contributed by atoms with E-state index >= 15 is 0 Å². The Morgan fingerprint density at radius 1 is 1.25 bits per heavy atom. The molecule has 1 aromatic carbocycles. The Morgan fingerprint density at radius 2 is 2.00 bits per heavy atom. The molecule has 0 bridgehead atoms. The standard InChI is InChI=1S/C9H5ClNO/c10-8-3-1-7(2-4-8)9-5-6-12-11-9/h1-4,6H. The molecule has 59 valence electrons. The molecule has 0 N–H and O–H groups in total. The second-order valence-electron chi connectivity index (χ2n) is 2.31. The Hall–Kier alpha value is -1.28. The van der Waals surface area contributed by atoms with Gasteiger partial charge in [0.25, 0.3) is 0 Å². The van der Waals surface area contributed by atoms with Crippen molar-refractivity contribution in [1.29, 1.82) is 0 Å². The van der Waals surface area contributed by atoms with Gasteiger partial charge in [-0.15, -0.1) is 0 Å². The molecule has 0 saturated heterocycles. The van der Waals surface area contributed by atoms with E-state index in [-0.39, 0.29) is 0 Å². The first kappa shape index (κ1) is 7.37. The minimum atomic E-state index is 0.701. The van der Waals surface area contributed by atoms with Crippen molar-refractivity contribution < 1.29 is 4.52 Å². The van der Waals surface area contributed by atoms with Crippen LogP contribution in [0.15, 0.2) is 35.1 Å². The minimum Gasteiger partial charge on any atom is -0.363 e. The van der Waals surface area contributed by atoms with E-state index in [1.165, 1.54) is 6.26 Å². The van der Waals surface area contributed by atoms with Crippen LogP contribution in [0.5, 0.6) is 0 Å². The lowest BCUT2D eigenvalue weighted by Crippen LogP contribution is -1.75. The van der Waals surface area contributed by atoms with E-state index in [2.05, 4.69) is 15.7 Å². The van der Waals surface area contributed by atoms with Crippen LogP contribution in [0.1, 0.15) is 0 Å². The van der Waals surface area contributed by atoms with Crippen molar-refractivity contribution in [2.45, 2.75) is 0 Å². The summed E-state index contributed by atoms with van der Waals surface area (Å²) in [6.07, 6.45) is 1.42. The van der Waals surface area contributed by atoms with Crippen LogP contribution in [0.2, 0.25) is 5.02 Å². The molecule has 2 rings (SSSR count). The summed E-state index contributed by atoms with van der Waals surface area (Å²) in [7, 11) is 0. The van der Waals surface area contributed by atoms with E-state index in [1.807, 2.05) is 12.1 Å². The number of hydrogen-bond acceptors (Lipinski definition) is 2. The van der Waals surface area contributed by atoms with Crippen molar-refractivity contribution in [3.05, 3.63) is 41.6 Å². The smallest absolute Gasteiger partial charge is 0.132 e. The Morgan fingerprint density at radius 3 is 2.58 bits per heavy atom. The van der Waals surface area contributed by atoms with Gasteiger partial charge < -0.3 is 4.52 Å². The van der Waals surface area contributed by atoms with Crippen molar-refractivity contribution in [3.63, 3.8) is 0 Å². The average Bonchev–Trinajstić information content (AvgIpc) is 2.58. The highest BCUT2D eigenvalue weighted by atomic mass is 35.5. The monoisotopic (exact) mass is 178 g/mol. The first-order valence-electron chi connectivity index (χ1n) is 3.44. The summed E-state index contributed by atoms with van der Waals surface area (Å²) < 4.78 is 4.66. The van der Waals surface area contributed by atoms with Crippen LogP contribution in [0.4, 0.5) is 0 Å². The zero-order valence-corrected chi connectivity index (χ0v) is 6.88. The molecule has 0 atom stereocenters. The van der Waals surface area contributed by atoms with Gasteiger partial charge in [-0.2, -0.15) is 0 Å². The van der Waals surface area contributed by atoms with E-state index in [1.54, 1.807) is 12.1 Å². The van der Waals surface area contributed by atoms with Gasteiger partial charge in [-0.25, -0.2) is 0 Å². The normalized spacial score (nSPS) is 10.1. The molecule has 0 fully saturated rings. The van der Waals surface area contributed by atoms with E-state index in [4.69, 9.17) is 11.6 Å². The fourth-order valence-corrected chi connectivity index (χ4v) is 1.06.